The van der Waals surface area contributed by atoms with Gasteiger partial charge in [-0.15, -0.1) is 0 Å². The molecule has 5 atom stereocenters. The molecule has 3 aliphatic heterocycles. The summed E-state index contributed by atoms with van der Waals surface area (Å²) in [6.45, 7) is 9.58. The summed E-state index contributed by atoms with van der Waals surface area (Å²) in [5.41, 5.74) is 7.20. The zero-order valence-electron chi connectivity index (χ0n) is 31.2. The minimum Gasteiger partial charge on any atom is -0.376 e. The van der Waals surface area contributed by atoms with E-state index < -0.39 is 23.5 Å². The Bertz CT molecular complexity index is 1610. The predicted octanol–water partition coefficient (Wildman–Crippen LogP) is 3.30. The molecule has 52 heavy (non-hydrogen) atoms. The number of hydrogen-bond donors (Lipinski definition) is 2. The average Bonchev–Trinajstić information content (AvgIpc) is 3.42. The van der Waals surface area contributed by atoms with Crippen LogP contribution >= 0.6 is 0 Å². The lowest BCUT2D eigenvalue weighted by molar-refractivity contribution is -0.153. The fourth-order valence-electron chi connectivity index (χ4n) is 9.08. The summed E-state index contributed by atoms with van der Waals surface area (Å²) in [6, 6.07) is 8.96. The lowest BCUT2D eigenvalue weighted by Gasteiger charge is -2.50. The van der Waals surface area contributed by atoms with Crippen LogP contribution in [0.25, 0.3) is 0 Å². The van der Waals surface area contributed by atoms with Crippen LogP contribution in [0.5, 0.6) is 0 Å². The maximum absolute atomic E-state index is 14.5. The molecule has 0 bridgehead atoms. The van der Waals surface area contributed by atoms with Gasteiger partial charge in [-0.05, 0) is 55.9 Å². The Morgan fingerprint density at radius 1 is 0.942 bits per heavy atom. The minimum atomic E-state index is -0.885. The summed E-state index contributed by atoms with van der Waals surface area (Å²) in [6.07, 6.45) is 11.2. The van der Waals surface area contributed by atoms with Crippen molar-refractivity contribution in [1.82, 2.24) is 29.8 Å². The number of amides is 4. The van der Waals surface area contributed by atoms with Crippen molar-refractivity contribution in [1.29, 1.82) is 0 Å². The van der Waals surface area contributed by atoms with E-state index in [9.17, 15) is 19.2 Å². The molecule has 2 aromatic rings. The average molecular weight is 716 g/mol. The molecule has 3 saturated heterocycles. The van der Waals surface area contributed by atoms with E-state index in [2.05, 4.69) is 24.3 Å². The van der Waals surface area contributed by atoms with Gasteiger partial charge in [-0.1, -0.05) is 63.4 Å². The molecule has 0 unspecified atom stereocenters. The SMILES string of the molecule is C[C@@H](OCC1CCCCC1)[C@H](NC(=O)[C@@H]1CN(C(=O)c2cnn(Cc3ccccc3)c2)CC12CN(C(=O)[C@H]1CC1(C)C)C2)C(=O)N1CCC[C@H](N)C1. The molecule has 7 rings (SSSR count). The second-order valence-electron chi connectivity index (χ2n) is 17.2. The van der Waals surface area contributed by atoms with Gasteiger partial charge in [0.15, 0.2) is 0 Å². The van der Waals surface area contributed by atoms with E-state index in [0.717, 1.165) is 37.7 Å². The van der Waals surface area contributed by atoms with Crippen LogP contribution in [0, 0.1) is 28.6 Å². The highest BCUT2D eigenvalue weighted by Crippen LogP contribution is 2.54. The van der Waals surface area contributed by atoms with E-state index in [1.165, 1.54) is 19.3 Å². The second kappa shape index (κ2) is 14.9. The molecule has 4 amide bonds. The Kier molecular flexibility index (Phi) is 10.5. The van der Waals surface area contributed by atoms with Crippen molar-refractivity contribution in [3.05, 3.63) is 53.9 Å². The highest BCUT2D eigenvalue weighted by molar-refractivity contribution is 5.96. The Morgan fingerprint density at radius 3 is 2.35 bits per heavy atom. The summed E-state index contributed by atoms with van der Waals surface area (Å²) in [4.78, 5) is 61.5. The van der Waals surface area contributed by atoms with Crippen LogP contribution < -0.4 is 11.1 Å². The molecule has 1 aromatic heterocycles. The molecule has 5 fully saturated rings. The van der Waals surface area contributed by atoms with Crippen LogP contribution in [0.3, 0.4) is 0 Å². The van der Waals surface area contributed by atoms with Crippen LogP contribution in [0.4, 0.5) is 0 Å². The third-order valence-electron chi connectivity index (χ3n) is 12.6. The van der Waals surface area contributed by atoms with E-state index >= 15 is 0 Å². The minimum absolute atomic E-state index is 0.00741. The lowest BCUT2D eigenvalue weighted by atomic mass is 9.70. The van der Waals surface area contributed by atoms with E-state index in [4.69, 9.17) is 10.5 Å². The molecule has 4 heterocycles. The number of piperidine rings is 1. The number of nitrogens with two attached hydrogens (primary N) is 1. The molecule has 2 aliphatic carbocycles. The first kappa shape index (κ1) is 36.6. The molecule has 1 spiro atoms. The number of hydrogen-bond acceptors (Lipinski definition) is 7. The Balaban J connectivity index is 1.09. The molecular weight excluding hydrogens is 658 g/mol. The van der Waals surface area contributed by atoms with Gasteiger partial charge in [0.25, 0.3) is 5.91 Å². The van der Waals surface area contributed by atoms with Crippen molar-refractivity contribution in [3.63, 3.8) is 0 Å². The first-order valence-corrected chi connectivity index (χ1v) is 19.5. The van der Waals surface area contributed by atoms with Crippen LogP contribution in [0.2, 0.25) is 0 Å². The van der Waals surface area contributed by atoms with E-state index in [1.807, 2.05) is 42.2 Å². The van der Waals surface area contributed by atoms with Gasteiger partial charge < -0.3 is 30.5 Å². The highest BCUT2D eigenvalue weighted by atomic mass is 16.5. The zero-order chi connectivity index (χ0) is 36.6. The number of benzene rings is 1. The van der Waals surface area contributed by atoms with Gasteiger partial charge in [0, 0.05) is 69.4 Å². The van der Waals surface area contributed by atoms with Crippen molar-refractivity contribution in [2.45, 2.75) is 96.9 Å². The molecule has 12 nitrogen and oxygen atoms in total. The summed E-state index contributed by atoms with van der Waals surface area (Å²) < 4.78 is 8.13. The molecule has 3 N–H and O–H groups in total. The number of nitrogens with zero attached hydrogens (tertiary/aromatic N) is 5. The van der Waals surface area contributed by atoms with Gasteiger partial charge in [-0.3, -0.25) is 23.9 Å². The van der Waals surface area contributed by atoms with Crippen molar-refractivity contribution in [2.75, 3.05) is 45.9 Å². The highest BCUT2D eigenvalue weighted by Gasteiger charge is 2.62. The first-order valence-electron chi connectivity index (χ1n) is 19.5. The van der Waals surface area contributed by atoms with Crippen LogP contribution in [0.1, 0.15) is 88.1 Å². The fourth-order valence-corrected chi connectivity index (χ4v) is 9.08. The molecular formula is C40H57N7O5. The largest absolute Gasteiger partial charge is 0.376 e. The van der Waals surface area contributed by atoms with Crippen LogP contribution in [-0.2, 0) is 25.7 Å². The molecule has 0 radical (unpaired) electrons. The van der Waals surface area contributed by atoms with Gasteiger partial charge in [0.1, 0.15) is 6.04 Å². The van der Waals surface area contributed by atoms with Gasteiger partial charge in [-0.2, -0.15) is 5.10 Å². The second-order valence-corrected chi connectivity index (χ2v) is 17.2. The van der Waals surface area contributed by atoms with Gasteiger partial charge >= 0.3 is 0 Å². The number of likely N-dealkylation sites (tertiary alicyclic amines) is 3. The quantitative estimate of drug-likeness (QED) is 0.364. The Morgan fingerprint density at radius 2 is 1.65 bits per heavy atom. The molecule has 2 saturated carbocycles. The molecule has 1 aromatic carbocycles. The predicted molar refractivity (Wildman–Crippen MR) is 196 cm³/mol. The van der Waals surface area contributed by atoms with E-state index in [0.29, 0.717) is 57.4 Å². The Hall–Kier alpha value is -3.77. The number of carbonyl (C=O) groups is 4. The number of ether oxygens (including phenoxy) is 1. The van der Waals surface area contributed by atoms with Crippen molar-refractivity contribution in [2.24, 2.45) is 34.3 Å². The van der Waals surface area contributed by atoms with Gasteiger partial charge in [-0.25, -0.2) is 0 Å². The number of nitrogens with one attached hydrogen (secondary N) is 1. The van der Waals surface area contributed by atoms with Crippen LogP contribution in [-0.4, -0.2) is 112 Å². The molecule has 282 valence electrons. The monoisotopic (exact) mass is 715 g/mol. The summed E-state index contributed by atoms with van der Waals surface area (Å²) >= 11 is 0. The summed E-state index contributed by atoms with van der Waals surface area (Å²) in [5, 5.41) is 7.61. The van der Waals surface area contributed by atoms with Crippen molar-refractivity contribution in [3.8, 4) is 0 Å². The first-order chi connectivity index (χ1) is 24.9. The topological polar surface area (TPSA) is 143 Å². The molecule has 12 heteroatoms. The maximum Gasteiger partial charge on any atom is 0.257 e. The zero-order valence-corrected chi connectivity index (χ0v) is 31.2. The van der Waals surface area contributed by atoms with E-state index in [-0.39, 0.29) is 47.5 Å². The Labute approximate surface area is 307 Å². The van der Waals surface area contributed by atoms with Gasteiger partial charge in [0.2, 0.25) is 17.7 Å². The number of aromatic nitrogens is 2. The van der Waals surface area contributed by atoms with Gasteiger partial charge in [0.05, 0.1) is 30.3 Å². The standard InChI is InChI=1S/C40H57N7O5/c1-27(52-23-29-13-8-5-9-14-29)34(38(51)44-16-10-15-31(41)21-44)43-35(48)33-22-45(24-40(33)25-46(26-40)37(50)32-17-39(32,2)3)36(49)30-18-42-47(20-30)19-28-11-6-4-7-12-28/h4,6-7,11-12,18,20,27,29,31-34H,5,8-10,13-17,19,21-26,41H2,1-3H3,(H,43,48)/t27-,31+,32-,33+,34+/m1/s1. The van der Waals surface area contributed by atoms with Crippen molar-refractivity contribution < 1.29 is 23.9 Å². The maximum atomic E-state index is 14.5. The molecule has 5 aliphatic rings. The lowest BCUT2D eigenvalue weighted by Crippen LogP contribution is -2.66. The van der Waals surface area contributed by atoms with Crippen LogP contribution in [0.15, 0.2) is 42.7 Å². The fraction of sp³-hybridized carbons (Fsp3) is 0.675. The number of rotatable bonds is 11. The number of carbonyl (C=O) groups excluding carboxylic acids is 4. The summed E-state index contributed by atoms with van der Waals surface area (Å²) in [5.74, 6) is -0.672. The third kappa shape index (κ3) is 7.78. The normalized spacial score (nSPS) is 26.5. The summed E-state index contributed by atoms with van der Waals surface area (Å²) in [7, 11) is 0. The third-order valence-corrected chi connectivity index (χ3v) is 12.6. The van der Waals surface area contributed by atoms with Crippen molar-refractivity contribution >= 4 is 23.6 Å². The smallest absolute Gasteiger partial charge is 0.257 e. The van der Waals surface area contributed by atoms with E-state index in [1.54, 1.807) is 26.9 Å².